The Morgan fingerprint density at radius 3 is 2.55 bits per heavy atom. The largest absolute Gasteiger partial charge is 0.497 e. The lowest BCUT2D eigenvalue weighted by Crippen LogP contribution is -2.43. The van der Waals surface area contributed by atoms with Crippen LogP contribution in [0.5, 0.6) is 5.75 Å². The van der Waals surface area contributed by atoms with Crippen LogP contribution in [0.2, 0.25) is 0 Å². The molecule has 1 aliphatic heterocycles. The van der Waals surface area contributed by atoms with Gasteiger partial charge in [-0.1, -0.05) is 0 Å². The van der Waals surface area contributed by atoms with Crippen LogP contribution in [0.1, 0.15) is 12.8 Å². The highest BCUT2D eigenvalue weighted by atomic mass is 16.5. The fourth-order valence-corrected chi connectivity index (χ4v) is 2.33. The van der Waals surface area contributed by atoms with Crippen molar-refractivity contribution in [1.82, 2.24) is 10.2 Å². The summed E-state index contributed by atoms with van der Waals surface area (Å²) in [5, 5.41) is 6.20. The van der Waals surface area contributed by atoms with Gasteiger partial charge in [0.15, 0.2) is 0 Å². The van der Waals surface area contributed by atoms with Crippen LogP contribution in [0.4, 0.5) is 5.69 Å². The van der Waals surface area contributed by atoms with Crippen molar-refractivity contribution < 1.29 is 9.53 Å². The predicted octanol–water partition coefficient (Wildman–Crippen LogP) is 1.32. The van der Waals surface area contributed by atoms with Crippen LogP contribution in [0, 0.1) is 0 Å². The molecule has 1 fully saturated rings. The van der Waals surface area contributed by atoms with Gasteiger partial charge in [0.25, 0.3) is 0 Å². The van der Waals surface area contributed by atoms with Crippen LogP contribution >= 0.6 is 0 Å². The van der Waals surface area contributed by atoms with E-state index in [0.717, 1.165) is 37.4 Å². The summed E-state index contributed by atoms with van der Waals surface area (Å²) in [6.45, 7) is 2.55. The molecule has 1 amide bonds. The Labute approximate surface area is 120 Å². The van der Waals surface area contributed by atoms with Crippen molar-refractivity contribution in [3.63, 3.8) is 0 Å². The van der Waals surface area contributed by atoms with E-state index in [4.69, 9.17) is 4.74 Å². The monoisotopic (exact) mass is 277 g/mol. The van der Waals surface area contributed by atoms with Crippen LogP contribution in [-0.4, -0.2) is 50.6 Å². The highest BCUT2D eigenvalue weighted by Gasteiger charge is 2.16. The highest BCUT2D eigenvalue weighted by Crippen LogP contribution is 2.14. The van der Waals surface area contributed by atoms with Gasteiger partial charge in [-0.05, 0) is 57.2 Å². The van der Waals surface area contributed by atoms with Gasteiger partial charge < -0.3 is 20.3 Å². The maximum Gasteiger partial charge on any atom is 0.238 e. The zero-order valence-electron chi connectivity index (χ0n) is 12.2. The van der Waals surface area contributed by atoms with Gasteiger partial charge in [0, 0.05) is 11.7 Å². The van der Waals surface area contributed by atoms with E-state index in [1.807, 2.05) is 24.3 Å². The molecule has 1 aromatic carbocycles. The molecule has 0 atom stereocenters. The number of methoxy groups -OCH3 is 1. The molecule has 1 aliphatic rings. The molecule has 0 aliphatic carbocycles. The van der Waals surface area contributed by atoms with Gasteiger partial charge >= 0.3 is 0 Å². The van der Waals surface area contributed by atoms with Crippen molar-refractivity contribution in [2.24, 2.45) is 0 Å². The zero-order valence-corrected chi connectivity index (χ0v) is 12.2. The van der Waals surface area contributed by atoms with Crippen molar-refractivity contribution in [1.29, 1.82) is 0 Å². The SMILES string of the molecule is COc1ccc(NC(=O)CNC2CCN(C)CC2)cc1. The zero-order chi connectivity index (χ0) is 14.4. The molecule has 20 heavy (non-hydrogen) atoms. The molecule has 1 aromatic rings. The smallest absolute Gasteiger partial charge is 0.238 e. The normalized spacial score (nSPS) is 16.9. The summed E-state index contributed by atoms with van der Waals surface area (Å²) >= 11 is 0. The topological polar surface area (TPSA) is 53.6 Å². The maximum absolute atomic E-state index is 11.9. The molecule has 5 heteroatoms. The Bertz CT molecular complexity index is 425. The number of carbonyl (C=O) groups excluding carboxylic acids is 1. The molecule has 1 saturated heterocycles. The van der Waals surface area contributed by atoms with Crippen LogP contribution < -0.4 is 15.4 Å². The molecule has 5 nitrogen and oxygen atoms in total. The summed E-state index contributed by atoms with van der Waals surface area (Å²) in [4.78, 5) is 14.2. The van der Waals surface area contributed by atoms with Gasteiger partial charge in [0.05, 0.1) is 13.7 Å². The van der Waals surface area contributed by atoms with E-state index in [1.165, 1.54) is 0 Å². The van der Waals surface area contributed by atoms with Gasteiger partial charge in [-0.15, -0.1) is 0 Å². The van der Waals surface area contributed by atoms with E-state index >= 15 is 0 Å². The Hall–Kier alpha value is -1.59. The van der Waals surface area contributed by atoms with E-state index in [1.54, 1.807) is 7.11 Å². The molecule has 0 spiro atoms. The van der Waals surface area contributed by atoms with Gasteiger partial charge in [0.1, 0.15) is 5.75 Å². The van der Waals surface area contributed by atoms with E-state index < -0.39 is 0 Å². The lowest BCUT2D eigenvalue weighted by molar-refractivity contribution is -0.115. The van der Waals surface area contributed by atoms with Gasteiger partial charge in [-0.25, -0.2) is 0 Å². The second kappa shape index (κ2) is 7.26. The Morgan fingerprint density at radius 1 is 1.30 bits per heavy atom. The molecule has 2 rings (SSSR count). The van der Waals surface area contributed by atoms with Crippen molar-refractivity contribution in [2.75, 3.05) is 39.1 Å². The number of hydrogen-bond acceptors (Lipinski definition) is 4. The number of rotatable bonds is 5. The van der Waals surface area contributed by atoms with Gasteiger partial charge in [0.2, 0.25) is 5.91 Å². The first-order chi connectivity index (χ1) is 9.67. The molecule has 0 bridgehead atoms. The standard InChI is InChI=1S/C15H23N3O2/c1-18-9-7-12(8-10-18)16-11-15(19)17-13-3-5-14(20-2)6-4-13/h3-6,12,16H,7-11H2,1-2H3,(H,17,19). The maximum atomic E-state index is 11.9. The van der Waals surface area contributed by atoms with E-state index in [0.29, 0.717) is 12.6 Å². The number of likely N-dealkylation sites (tertiary alicyclic amines) is 1. The van der Waals surface area contributed by atoms with Crippen LogP contribution in [0.15, 0.2) is 24.3 Å². The summed E-state index contributed by atoms with van der Waals surface area (Å²) in [5.74, 6) is 0.779. The summed E-state index contributed by atoms with van der Waals surface area (Å²) in [5.41, 5.74) is 0.793. The first kappa shape index (κ1) is 14.8. The van der Waals surface area contributed by atoms with E-state index in [2.05, 4.69) is 22.6 Å². The van der Waals surface area contributed by atoms with Crippen molar-refractivity contribution in [2.45, 2.75) is 18.9 Å². The molecule has 1 heterocycles. The minimum atomic E-state index is -0.00547. The van der Waals surface area contributed by atoms with Crippen LogP contribution in [0.25, 0.3) is 0 Å². The Balaban J connectivity index is 1.72. The summed E-state index contributed by atoms with van der Waals surface area (Å²) in [7, 11) is 3.76. The number of ether oxygens (including phenoxy) is 1. The summed E-state index contributed by atoms with van der Waals surface area (Å²) in [6, 6.07) is 7.80. The second-order valence-electron chi connectivity index (χ2n) is 5.24. The van der Waals surface area contributed by atoms with Gasteiger partial charge in [-0.3, -0.25) is 4.79 Å². The Kier molecular flexibility index (Phi) is 5.38. The number of piperidine rings is 1. The molecule has 0 aromatic heterocycles. The van der Waals surface area contributed by atoms with E-state index in [9.17, 15) is 4.79 Å². The fraction of sp³-hybridized carbons (Fsp3) is 0.533. The third kappa shape index (κ3) is 4.51. The van der Waals surface area contributed by atoms with Crippen LogP contribution in [0.3, 0.4) is 0 Å². The minimum absolute atomic E-state index is 0.00547. The number of amides is 1. The summed E-state index contributed by atoms with van der Waals surface area (Å²) in [6.07, 6.45) is 2.21. The summed E-state index contributed by atoms with van der Waals surface area (Å²) < 4.78 is 5.08. The Morgan fingerprint density at radius 2 is 1.95 bits per heavy atom. The second-order valence-corrected chi connectivity index (χ2v) is 5.24. The van der Waals surface area contributed by atoms with Crippen molar-refractivity contribution >= 4 is 11.6 Å². The third-order valence-electron chi connectivity index (χ3n) is 3.64. The number of benzene rings is 1. The first-order valence-corrected chi connectivity index (χ1v) is 7.03. The number of hydrogen-bond donors (Lipinski definition) is 2. The predicted molar refractivity (Wildman–Crippen MR) is 80.1 cm³/mol. The molecule has 0 unspecified atom stereocenters. The number of carbonyl (C=O) groups is 1. The van der Waals surface area contributed by atoms with Crippen molar-refractivity contribution in [3.8, 4) is 5.75 Å². The third-order valence-corrected chi connectivity index (χ3v) is 3.64. The molecule has 110 valence electrons. The lowest BCUT2D eigenvalue weighted by Gasteiger charge is -2.29. The fourth-order valence-electron chi connectivity index (χ4n) is 2.33. The number of nitrogens with one attached hydrogen (secondary N) is 2. The average molecular weight is 277 g/mol. The first-order valence-electron chi connectivity index (χ1n) is 7.03. The van der Waals surface area contributed by atoms with Crippen molar-refractivity contribution in [3.05, 3.63) is 24.3 Å². The quantitative estimate of drug-likeness (QED) is 0.852. The van der Waals surface area contributed by atoms with E-state index in [-0.39, 0.29) is 5.91 Å². The average Bonchev–Trinajstić information content (AvgIpc) is 2.47. The number of anilines is 1. The number of nitrogens with zero attached hydrogens (tertiary/aromatic N) is 1. The minimum Gasteiger partial charge on any atom is -0.497 e. The molecule has 0 saturated carbocycles. The molecular weight excluding hydrogens is 254 g/mol. The highest BCUT2D eigenvalue weighted by molar-refractivity contribution is 5.92. The van der Waals surface area contributed by atoms with Gasteiger partial charge in [-0.2, -0.15) is 0 Å². The van der Waals surface area contributed by atoms with Crippen LogP contribution in [-0.2, 0) is 4.79 Å². The molecule has 0 radical (unpaired) electrons. The molecule has 2 N–H and O–H groups in total. The molecular formula is C15H23N3O2. The lowest BCUT2D eigenvalue weighted by atomic mass is 10.1.